The number of carbonyl (C=O) groups is 1. The number of anilines is 1. The Balaban J connectivity index is 1.65. The van der Waals surface area contributed by atoms with Crippen LogP contribution >= 0.6 is 15.9 Å². The number of morpholine rings is 1. The van der Waals surface area contributed by atoms with Gasteiger partial charge in [-0.25, -0.2) is 4.39 Å². The minimum Gasteiger partial charge on any atom is -0.378 e. The molecule has 1 amide bonds. The van der Waals surface area contributed by atoms with Crippen LogP contribution in [0.2, 0.25) is 0 Å². The van der Waals surface area contributed by atoms with Crippen molar-refractivity contribution in [1.82, 2.24) is 4.90 Å². The van der Waals surface area contributed by atoms with Gasteiger partial charge in [0, 0.05) is 42.4 Å². The number of ether oxygens (including phenoxy) is 1. The lowest BCUT2D eigenvalue weighted by Gasteiger charge is -2.29. The number of nitrogens with zero attached hydrogens (tertiary/aromatic N) is 2. The lowest BCUT2D eigenvalue weighted by Crippen LogP contribution is -2.36. The molecule has 1 aliphatic rings. The van der Waals surface area contributed by atoms with Crippen molar-refractivity contribution in [2.75, 3.05) is 38.3 Å². The number of halogens is 2. The van der Waals surface area contributed by atoms with Gasteiger partial charge in [-0.15, -0.1) is 0 Å². The minimum absolute atomic E-state index is 0.211. The zero-order valence-electron chi connectivity index (χ0n) is 14.0. The molecule has 0 bridgehead atoms. The van der Waals surface area contributed by atoms with Crippen molar-refractivity contribution in [2.24, 2.45) is 0 Å². The van der Waals surface area contributed by atoms with Crippen molar-refractivity contribution in [3.05, 3.63) is 63.9 Å². The van der Waals surface area contributed by atoms with Crippen LogP contribution in [-0.2, 0) is 11.3 Å². The molecule has 2 aromatic rings. The van der Waals surface area contributed by atoms with Gasteiger partial charge in [-0.1, -0.05) is 28.1 Å². The second-order valence-electron chi connectivity index (χ2n) is 6.09. The first-order valence-corrected chi connectivity index (χ1v) is 8.95. The number of benzene rings is 2. The highest BCUT2D eigenvalue weighted by atomic mass is 79.9. The molecule has 0 aromatic heterocycles. The highest BCUT2D eigenvalue weighted by Crippen LogP contribution is 2.19. The molecule has 0 aliphatic carbocycles. The van der Waals surface area contributed by atoms with E-state index in [4.69, 9.17) is 4.74 Å². The fraction of sp³-hybridized carbons (Fsp3) is 0.316. The standard InChI is InChI=1S/C19H20BrFN2O2/c1-22(19(24)15-10-16(20)12-17(21)11-15)13-14-2-4-18(5-3-14)23-6-8-25-9-7-23/h2-5,10-12H,6-9,13H2,1H3. The van der Waals surface area contributed by atoms with Gasteiger partial charge in [0.25, 0.3) is 5.91 Å². The quantitative estimate of drug-likeness (QED) is 0.775. The van der Waals surface area contributed by atoms with Crippen LogP contribution in [0.5, 0.6) is 0 Å². The minimum atomic E-state index is -0.430. The summed E-state index contributed by atoms with van der Waals surface area (Å²) in [6.45, 7) is 3.76. The van der Waals surface area contributed by atoms with Gasteiger partial charge in [-0.3, -0.25) is 4.79 Å². The van der Waals surface area contributed by atoms with Crippen molar-refractivity contribution >= 4 is 27.5 Å². The van der Waals surface area contributed by atoms with Crippen LogP contribution in [0.25, 0.3) is 0 Å². The lowest BCUT2D eigenvalue weighted by molar-refractivity contribution is 0.0784. The summed E-state index contributed by atoms with van der Waals surface area (Å²) in [6, 6.07) is 12.4. The summed E-state index contributed by atoms with van der Waals surface area (Å²) in [6.07, 6.45) is 0. The van der Waals surface area contributed by atoms with E-state index in [0.717, 1.165) is 37.6 Å². The molecule has 0 radical (unpaired) electrons. The van der Waals surface area contributed by atoms with E-state index in [1.807, 2.05) is 12.1 Å². The Labute approximate surface area is 155 Å². The molecule has 3 rings (SSSR count). The molecule has 0 saturated carbocycles. The highest BCUT2D eigenvalue weighted by molar-refractivity contribution is 9.10. The van der Waals surface area contributed by atoms with Crippen molar-refractivity contribution in [3.8, 4) is 0 Å². The van der Waals surface area contributed by atoms with Gasteiger partial charge >= 0.3 is 0 Å². The molecular weight excluding hydrogens is 387 g/mol. The van der Waals surface area contributed by atoms with Gasteiger partial charge in [0.15, 0.2) is 0 Å². The highest BCUT2D eigenvalue weighted by Gasteiger charge is 2.15. The van der Waals surface area contributed by atoms with E-state index in [1.165, 1.54) is 12.1 Å². The lowest BCUT2D eigenvalue weighted by atomic mass is 10.1. The molecular formula is C19H20BrFN2O2. The van der Waals surface area contributed by atoms with Gasteiger partial charge in [-0.05, 0) is 35.9 Å². The van der Waals surface area contributed by atoms with Crippen LogP contribution in [0.3, 0.4) is 0 Å². The number of hydrogen-bond acceptors (Lipinski definition) is 3. The van der Waals surface area contributed by atoms with Crippen LogP contribution in [-0.4, -0.2) is 44.2 Å². The third-order valence-electron chi connectivity index (χ3n) is 4.19. The largest absolute Gasteiger partial charge is 0.378 e. The molecule has 4 nitrogen and oxygen atoms in total. The summed E-state index contributed by atoms with van der Waals surface area (Å²) in [7, 11) is 1.72. The Morgan fingerprint density at radius 3 is 2.52 bits per heavy atom. The van der Waals surface area contributed by atoms with Gasteiger partial charge in [0.1, 0.15) is 5.82 Å². The normalized spacial score (nSPS) is 14.4. The van der Waals surface area contributed by atoms with E-state index in [1.54, 1.807) is 18.0 Å². The maximum atomic E-state index is 13.5. The van der Waals surface area contributed by atoms with E-state index in [0.29, 0.717) is 16.6 Å². The molecule has 25 heavy (non-hydrogen) atoms. The average Bonchev–Trinajstić information content (AvgIpc) is 2.61. The Kier molecular flexibility index (Phi) is 5.71. The number of amides is 1. The summed E-state index contributed by atoms with van der Waals surface area (Å²) in [5, 5.41) is 0. The molecule has 1 fully saturated rings. The van der Waals surface area contributed by atoms with Gasteiger partial charge in [-0.2, -0.15) is 0 Å². The first kappa shape index (κ1) is 17.9. The van der Waals surface area contributed by atoms with Crippen molar-refractivity contribution in [1.29, 1.82) is 0 Å². The van der Waals surface area contributed by atoms with Gasteiger partial charge in [0.05, 0.1) is 13.2 Å². The Hall–Kier alpha value is -1.92. The van der Waals surface area contributed by atoms with Crippen LogP contribution < -0.4 is 4.90 Å². The van der Waals surface area contributed by atoms with Crippen molar-refractivity contribution in [3.63, 3.8) is 0 Å². The zero-order chi connectivity index (χ0) is 17.8. The maximum absolute atomic E-state index is 13.5. The molecule has 0 N–H and O–H groups in total. The summed E-state index contributed by atoms with van der Waals surface area (Å²) in [5.74, 6) is -0.640. The van der Waals surface area contributed by atoms with Crippen LogP contribution in [0.1, 0.15) is 15.9 Å². The molecule has 0 unspecified atom stereocenters. The molecule has 0 atom stereocenters. The van der Waals surface area contributed by atoms with Crippen LogP contribution in [0.4, 0.5) is 10.1 Å². The summed E-state index contributed by atoms with van der Waals surface area (Å²) >= 11 is 3.22. The molecule has 1 saturated heterocycles. The second kappa shape index (κ2) is 7.97. The maximum Gasteiger partial charge on any atom is 0.254 e. The average molecular weight is 407 g/mol. The summed E-state index contributed by atoms with van der Waals surface area (Å²) in [4.78, 5) is 16.4. The second-order valence-corrected chi connectivity index (χ2v) is 7.00. The fourth-order valence-corrected chi connectivity index (χ4v) is 3.34. The third-order valence-corrected chi connectivity index (χ3v) is 4.65. The topological polar surface area (TPSA) is 32.8 Å². The molecule has 6 heteroatoms. The van der Waals surface area contributed by atoms with Gasteiger partial charge < -0.3 is 14.5 Å². The first-order chi connectivity index (χ1) is 12.0. The van der Waals surface area contributed by atoms with E-state index < -0.39 is 5.82 Å². The van der Waals surface area contributed by atoms with Crippen LogP contribution in [0, 0.1) is 5.82 Å². The molecule has 1 heterocycles. The Bertz CT molecular complexity index is 725. The number of carbonyl (C=O) groups excluding carboxylic acids is 1. The molecule has 132 valence electrons. The van der Waals surface area contributed by atoms with Crippen molar-refractivity contribution in [2.45, 2.75) is 6.54 Å². The first-order valence-electron chi connectivity index (χ1n) is 8.16. The van der Waals surface area contributed by atoms with Crippen LogP contribution in [0.15, 0.2) is 46.9 Å². The summed E-state index contributed by atoms with van der Waals surface area (Å²) in [5.41, 5.74) is 2.53. The molecule has 1 aliphatic heterocycles. The van der Waals surface area contributed by atoms with E-state index >= 15 is 0 Å². The SMILES string of the molecule is CN(Cc1ccc(N2CCOCC2)cc1)C(=O)c1cc(F)cc(Br)c1. The van der Waals surface area contributed by atoms with Crippen molar-refractivity contribution < 1.29 is 13.9 Å². The monoisotopic (exact) mass is 406 g/mol. The fourth-order valence-electron chi connectivity index (χ4n) is 2.88. The molecule has 2 aromatic carbocycles. The Morgan fingerprint density at radius 2 is 1.88 bits per heavy atom. The van der Waals surface area contributed by atoms with Gasteiger partial charge in [0.2, 0.25) is 0 Å². The van der Waals surface area contributed by atoms with E-state index in [9.17, 15) is 9.18 Å². The molecule has 0 spiro atoms. The zero-order valence-corrected chi connectivity index (χ0v) is 15.6. The predicted molar refractivity (Wildman–Crippen MR) is 99.4 cm³/mol. The number of hydrogen-bond donors (Lipinski definition) is 0. The smallest absolute Gasteiger partial charge is 0.254 e. The number of rotatable bonds is 4. The van der Waals surface area contributed by atoms with E-state index in [2.05, 4.69) is 33.0 Å². The Morgan fingerprint density at radius 1 is 1.20 bits per heavy atom. The summed E-state index contributed by atoms with van der Waals surface area (Å²) < 4.78 is 19.4. The third kappa shape index (κ3) is 4.58. The van der Waals surface area contributed by atoms with E-state index in [-0.39, 0.29) is 5.91 Å². The predicted octanol–water partition coefficient (Wildman–Crippen LogP) is 3.70.